The molecule has 0 radical (unpaired) electrons. The van der Waals surface area contributed by atoms with Crippen LogP contribution in [0.25, 0.3) is 0 Å². The van der Waals surface area contributed by atoms with Gasteiger partial charge in [-0.15, -0.1) is 0 Å². The summed E-state index contributed by atoms with van der Waals surface area (Å²) in [4.78, 5) is 20.3. The van der Waals surface area contributed by atoms with Crippen LogP contribution in [0.2, 0.25) is 0 Å². The van der Waals surface area contributed by atoms with Crippen molar-refractivity contribution in [2.75, 3.05) is 6.61 Å². The number of nitro groups is 1. The monoisotopic (exact) mass is 239 g/mol. The molecule has 0 aliphatic rings. The minimum absolute atomic E-state index is 0.337. The van der Waals surface area contributed by atoms with E-state index in [0.717, 1.165) is 6.07 Å². The lowest BCUT2D eigenvalue weighted by Crippen LogP contribution is -2.04. The maximum atomic E-state index is 13.3. The van der Waals surface area contributed by atoms with E-state index < -0.39 is 34.6 Å². The van der Waals surface area contributed by atoms with Gasteiger partial charge in [0.05, 0.1) is 10.5 Å². The number of hydrogen-bond donors (Lipinski definition) is 2. The Morgan fingerprint density at radius 2 is 2.18 bits per heavy atom. The van der Waals surface area contributed by atoms with E-state index in [1.807, 2.05) is 0 Å². The Morgan fingerprint density at radius 3 is 2.65 bits per heavy atom. The minimum atomic E-state index is -1.60. The average Bonchev–Trinajstić information content (AvgIpc) is 2.26. The van der Waals surface area contributed by atoms with Gasteiger partial charge >= 0.3 is 5.97 Å². The number of carboxylic acids is 1. The number of carbonyl (C=O) groups is 1. The fourth-order valence-electron chi connectivity index (χ4n) is 1.11. The van der Waals surface area contributed by atoms with Gasteiger partial charge in [0.1, 0.15) is 18.0 Å². The molecule has 0 atom stereocenters. The number of aliphatic hydroxyl groups excluding tert-OH is 1. The van der Waals surface area contributed by atoms with Crippen LogP contribution in [0, 0.1) is 27.8 Å². The van der Waals surface area contributed by atoms with Gasteiger partial charge in [-0.2, -0.15) is 0 Å². The van der Waals surface area contributed by atoms with Crippen LogP contribution in [0.3, 0.4) is 0 Å². The van der Waals surface area contributed by atoms with E-state index in [9.17, 15) is 19.3 Å². The first-order chi connectivity index (χ1) is 7.97. The highest BCUT2D eigenvalue weighted by atomic mass is 19.1. The zero-order chi connectivity index (χ0) is 13.0. The molecule has 0 bridgehead atoms. The molecular formula is C10H6FNO5. The van der Waals surface area contributed by atoms with Gasteiger partial charge in [0.25, 0.3) is 5.69 Å². The highest BCUT2D eigenvalue weighted by Crippen LogP contribution is 2.22. The number of benzene rings is 1. The van der Waals surface area contributed by atoms with Gasteiger partial charge in [-0.25, -0.2) is 9.18 Å². The number of aliphatic hydroxyl groups is 1. The van der Waals surface area contributed by atoms with Crippen molar-refractivity contribution in [3.05, 3.63) is 39.2 Å². The van der Waals surface area contributed by atoms with E-state index in [0.29, 0.717) is 6.07 Å². The quantitative estimate of drug-likeness (QED) is 0.451. The second-order valence-electron chi connectivity index (χ2n) is 2.87. The normalized spacial score (nSPS) is 9.29. The third-order valence-electron chi connectivity index (χ3n) is 1.81. The lowest BCUT2D eigenvalue weighted by molar-refractivity contribution is -0.385. The molecule has 6 nitrogen and oxygen atoms in total. The minimum Gasteiger partial charge on any atom is -0.477 e. The first-order valence-corrected chi connectivity index (χ1v) is 4.28. The third-order valence-corrected chi connectivity index (χ3v) is 1.81. The van der Waals surface area contributed by atoms with Gasteiger partial charge in [0.15, 0.2) is 0 Å². The summed E-state index contributed by atoms with van der Waals surface area (Å²) >= 11 is 0. The van der Waals surface area contributed by atoms with Crippen molar-refractivity contribution >= 4 is 11.7 Å². The summed E-state index contributed by atoms with van der Waals surface area (Å²) in [6, 6.07) is 1.25. The molecule has 0 unspecified atom stereocenters. The van der Waals surface area contributed by atoms with Crippen molar-refractivity contribution in [2.24, 2.45) is 0 Å². The molecule has 2 N–H and O–H groups in total. The predicted octanol–water partition coefficient (Wildman–Crippen LogP) is 0.776. The van der Waals surface area contributed by atoms with E-state index in [2.05, 4.69) is 11.8 Å². The Balaban J connectivity index is 3.45. The molecule has 1 aromatic rings. The zero-order valence-corrected chi connectivity index (χ0v) is 8.31. The van der Waals surface area contributed by atoms with E-state index >= 15 is 0 Å². The molecule has 0 heterocycles. The van der Waals surface area contributed by atoms with Crippen molar-refractivity contribution in [3.63, 3.8) is 0 Å². The zero-order valence-electron chi connectivity index (χ0n) is 8.31. The lowest BCUT2D eigenvalue weighted by atomic mass is 10.1. The largest absolute Gasteiger partial charge is 0.477 e. The Kier molecular flexibility index (Phi) is 3.74. The van der Waals surface area contributed by atoms with Crippen molar-refractivity contribution in [3.8, 4) is 11.8 Å². The van der Waals surface area contributed by atoms with Gasteiger partial charge in [-0.05, 0) is 6.07 Å². The number of aromatic carboxylic acids is 1. The van der Waals surface area contributed by atoms with Crippen LogP contribution < -0.4 is 0 Å². The van der Waals surface area contributed by atoms with Gasteiger partial charge in [-0.3, -0.25) is 10.1 Å². The van der Waals surface area contributed by atoms with Crippen LogP contribution in [0.1, 0.15) is 15.9 Å². The van der Waals surface area contributed by atoms with Crippen LogP contribution in [0.15, 0.2) is 12.1 Å². The fraction of sp³-hybridized carbons (Fsp3) is 0.100. The molecule has 1 rings (SSSR count). The standard InChI is InChI=1S/C10H6FNO5/c11-8-5-7(10(14)15)9(12(16)17)4-6(8)2-1-3-13/h4-5,13H,3H2,(H,14,15). The predicted molar refractivity (Wildman–Crippen MR) is 54.0 cm³/mol. The number of nitro benzene ring substituents is 1. The van der Waals surface area contributed by atoms with E-state index in [1.165, 1.54) is 0 Å². The Hall–Kier alpha value is -2.46. The molecule has 7 heteroatoms. The number of nitrogens with zero attached hydrogens (tertiary/aromatic N) is 1. The highest BCUT2D eigenvalue weighted by molar-refractivity contribution is 5.92. The van der Waals surface area contributed by atoms with E-state index in [-0.39, 0.29) is 5.56 Å². The molecule has 17 heavy (non-hydrogen) atoms. The Bertz CT molecular complexity index is 544. The number of carboxylic acid groups (broad SMARTS) is 1. The second-order valence-corrected chi connectivity index (χ2v) is 2.87. The van der Waals surface area contributed by atoms with Crippen molar-refractivity contribution in [1.82, 2.24) is 0 Å². The topological polar surface area (TPSA) is 101 Å². The Morgan fingerprint density at radius 1 is 1.53 bits per heavy atom. The van der Waals surface area contributed by atoms with E-state index in [1.54, 1.807) is 0 Å². The molecule has 0 aliphatic heterocycles. The fourth-order valence-corrected chi connectivity index (χ4v) is 1.11. The molecule has 0 amide bonds. The summed E-state index contributed by atoms with van der Waals surface area (Å²) in [5, 5.41) is 27.7. The third kappa shape index (κ3) is 2.76. The summed E-state index contributed by atoms with van der Waals surface area (Å²) in [7, 11) is 0. The van der Waals surface area contributed by atoms with Crippen molar-refractivity contribution in [2.45, 2.75) is 0 Å². The number of rotatable bonds is 2. The first-order valence-electron chi connectivity index (χ1n) is 4.28. The SMILES string of the molecule is O=C(O)c1cc(F)c(C#CCO)cc1[N+](=O)[O-]. The first kappa shape index (κ1) is 12.6. The van der Waals surface area contributed by atoms with Crippen molar-refractivity contribution < 1.29 is 24.3 Å². The molecule has 0 spiro atoms. The summed E-state index contributed by atoms with van der Waals surface area (Å²) in [5.41, 5.74) is -1.83. The molecule has 88 valence electrons. The summed E-state index contributed by atoms with van der Waals surface area (Å²) in [6.45, 7) is -0.534. The van der Waals surface area contributed by atoms with Crippen molar-refractivity contribution in [1.29, 1.82) is 0 Å². The Labute approximate surface area is 94.5 Å². The van der Waals surface area contributed by atoms with Crippen LogP contribution in [0.5, 0.6) is 0 Å². The van der Waals surface area contributed by atoms with E-state index in [4.69, 9.17) is 10.2 Å². The van der Waals surface area contributed by atoms with Gasteiger partial charge < -0.3 is 10.2 Å². The lowest BCUT2D eigenvalue weighted by Gasteiger charge is -2.00. The highest BCUT2D eigenvalue weighted by Gasteiger charge is 2.22. The van der Waals surface area contributed by atoms with Crippen LogP contribution in [0.4, 0.5) is 10.1 Å². The second kappa shape index (κ2) is 5.05. The summed E-state index contributed by atoms with van der Waals surface area (Å²) in [6.07, 6.45) is 0. The van der Waals surface area contributed by atoms with Gasteiger partial charge in [0, 0.05) is 6.07 Å². The molecule has 0 aliphatic carbocycles. The maximum absolute atomic E-state index is 13.3. The molecule has 0 saturated carbocycles. The smallest absolute Gasteiger partial charge is 0.342 e. The average molecular weight is 239 g/mol. The molecule has 0 saturated heterocycles. The van der Waals surface area contributed by atoms with Gasteiger partial charge in [-0.1, -0.05) is 11.8 Å². The summed E-state index contributed by atoms with van der Waals surface area (Å²) in [5.74, 6) is 1.68. The summed E-state index contributed by atoms with van der Waals surface area (Å²) < 4.78 is 13.3. The maximum Gasteiger partial charge on any atom is 0.342 e. The number of halogens is 1. The number of hydrogen-bond acceptors (Lipinski definition) is 4. The van der Waals surface area contributed by atoms with Crippen LogP contribution in [-0.4, -0.2) is 27.7 Å². The van der Waals surface area contributed by atoms with Crippen LogP contribution in [-0.2, 0) is 0 Å². The molecule has 0 fully saturated rings. The van der Waals surface area contributed by atoms with Crippen LogP contribution >= 0.6 is 0 Å². The molecule has 1 aromatic carbocycles. The molecular weight excluding hydrogens is 233 g/mol. The molecule has 0 aromatic heterocycles. The van der Waals surface area contributed by atoms with Gasteiger partial charge in [0.2, 0.25) is 0 Å².